The van der Waals surface area contributed by atoms with Crippen molar-refractivity contribution in [3.05, 3.63) is 64.2 Å². The summed E-state index contributed by atoms with van der Waals surface area (Å²) in [4.78, 5) is 17.2. The molecule has 0 bridgehead atoms. The van der Waals surface area contributed by atoms with Gasteiger partial charge in [0.15, 0.2) is 0 Å². The van der Waals surface area contributed by atoms with Gasteiger partial charge in [-0.15, -0.1) is 0 Å². The Hall–Kier alpha value is -3.11. The molecule has 1 unspecified atom stereocenters. The monoisotopic (exact) mass is 463 g/mol. The molecule has 1 saturated heterocycles. The lowest BCUT2D eigenvalue weighted by Crippen LogP contribution is -2.47. The van der Waals surface area contributed by atoms with Crippen molar-refractivity contribution >= 4 is 23.4 Å². The topological polar surface area (TPSA) is 65.8 Å². The van der Waals surface area contributed by atoms with Gasteiger partial charge in [-0.2, -0.15) is 5.26 Å². The van der Waals surface area contributed by atoms with E-state index in [9.17, 15) is 10.1 Å². The fourth-order valence-corrected chi connectivity index (χ4v) is 5.52. The predicted molar refractivity (Wildman–Crippen MR) is 131 cm³/mol. The van der Waals surface area contributed by atoms with E-state index >= 15 is 0 Å². The van der Waals surface area contributed by atoms with E-state index < -0.39 is 0 Å². The van der Waals surface area contributed by atoms with Gasteiger partial charge in [-0.1, -0.05) is 43.3 Å². The SMILES string of the molecule is CCCCc1ccc(N2CSC3=C(C#N)C(c4ccc(OC)cc4OC)CC(=O)N3C2)cc1. The fourth-order valence-electron chi connectivity index (χ4n) is 4.35. The number of fused-ring (bicyclic) bond motifs is 1. The lowest BCUT2D eigenvalue weighted by atomic mass is 9.86. The van der Waals surface area contributed by atoms with Gasteiger partial charge in [0.25, 0.3) is 0 Å². The number of anilines is 1. The van der Waals surface area contributed by atoms with Crippen molar-refractivity contribution in [1.82, 2.24) is 4.90 Å². The minimum Gasteiger partial charge on any atom is -0.497 e. The molecule has 0 N–H and O–H groups in total. The summed E-state index contributed by atoms with van der Waals surface area (Å²) >= 11 is 1.55. The van der Waals surface area contributed by atoms with E-state index in [0.717, 1.165) is 22.7 Å². The molecule has 0 saturated carbocycles. The number of amides is 1. The second kappa shape index (κ2) is 10.2. The minimum atomic E-state index is -0.327. The van der Waals surface area contributed by atoms with Crippen LogP contribution in [0.25, 0.3) is 0 Å². The Morgan fingerprint density at radius 1 is 1.15 bits per heavy atom. The number of benzene rings is 2. The van der Waals surface area contributed by atoms with Crippen molar-refractivity contribution < 1.29 is 14.3 Å². The number of unbranched alkanes of at least 4 members (excludes halogenated alkanes) is 1. The summed E-state index contributed by atoms with van der Waals surface area (Å²) in [6.45, 7) is 2.65. The Balaban J connectivity index is 1.59. The average molecular weight is 464 g/mol. The predicted octanol–water partition coefficient (Wildman–Crippen LogP) is 5.27. The highest BCUT2D eigenvalue weighted by molar-refractivity contribution is 8.03. The van der Waals surface area contributed by atoms with Crippen LogP contribution >= 0.6 is 11.8 Å². The number of nitrogens with zero attached hydrogens (tertiary/aromatic N) is 3. The third kappa shape index (κ3) is 4.67. The summed E-state index contributed by atoms with van der Waals surface area (Å²) in [5.41, 5.74) is 3.88. The lowest BCUT2D eigenvalue weighted by molar-refractivity contribution is -0.129. The number of ether oxygens (including phenoxy) is 2. The maximum atomic E-state index is 13.2. The van der Waals surface area contributed by atoms with Gasteiger partial charge >= 0.3 is 0 Å². The van der Waals surface area contributed by atoms with Gasteiger partial charge in [-0.25, -0.2) is 0 Å². The van der Waals surface area contributed by atoms with Gasteiger partial charge < -0.3 is 14.4 Å². The highest BCUT2D eigenvalue weighted by Gasteiger charge is 2.39. The van der Waals surface area contributed by atoms with Crippen molar-refractivity contribution in [2.75, 3.05) is 31.7 Å². The smallest absolute Gasteiger partial charge is 0.229 e. The number of carbonyl (C=O) groups excluding carboxylic acids is 1. The summed E-state index contributed by atoms with van der Waals surface area (Å²) in [6, 6.07) is 16.5. The van der Waals surface area contributed by atoms with Crippen LogP contribution in [-0.4, -0.2) is 37.6 Å². The maximum Gasteiger partial charge on any atom is 0.229 e. The molecule has 0 aromatic heterocycles. The van der Waals surface area contributed by atoms with E-state index in [1.165, 1.54) is 18.4 Å². The van der Waals surface area contributed by atoms with Crippen LogP contribution in [0.3, 0.4) is 0 Å². The second-order valence-electron chi connectivity index (χ2n) is 8.24. The molecule has 0 spiro atoms. The highest BCUT2D eigenvalue weighted by atomic mass is 32.2. The molecule has 1 fully saturated rings. The quantitative estimate of drug-likeness (QED) is 0.558. The number of hydrogen-bond donors (Lipinski definition) is 0. The van der Waals surface area contributed by atoms with Crippen LogP contribution in [0.1, 0.15) is 43.2 Å². The number of carbonyl (C=O) groups is 1. The summed E-state index contributed by atoms with van der Waals surface area (Å²) < 4.78 is 10.9. The van der Waals surface area contributed by atoms with Gasteiger partial charge in [-0.05, 0) is 36.6 Å². The van der Waals surface area contributed by atoms with Crippen molar-refractivity contribution in [2.45, 2.75) is 38.5 Å². The zero-order valence-electron chi connectivity index (χ0n) is 19.3. The van der Waals surface area contributed by atoms with Gasteiger partial charge in [0.1, 0.15) is 11.5 Å². The molecule has 1 atom stereocenters. The van der Waals surface area contributed by atoms with E-state index in [1.54, 1.807) is 36.9 Å². The first-order valence-electron chi connectivity index (χ1n) is 11.2. The van der Waals surface area contributed by atoms with Gasteiger partial charge in [-0.3, -0.25) is 9.69 Å². The maximum absolute atomic E-state index is 13.2. The molecule has 6 nitrogen and oxygen atoms in total. The van der Waals surface area contributed by atoms with Crippen LogP contribution in [-0.2, 0) is 11.2 Å². The van der Waals surface area contributed by atoms with E-state index in [4.69, 9.17) is 9.47 Å². The number of nitriles is 1. The fraction of sp³-hybridized carbons (Fsp3) is 0.385. The molecule has 2 heterocycles. The molecule has 1 amide bonds. The van der Waals surface area contributed by atoms with E-state index in [1.807, 2.05) is 12.1 Å². The third-order valence-corrected chi connectivity index (χ3v) is 7.38. The first-order valence-corrected chi connectivity index (χ1v) is 12.2. The third-order valence-electron chi connectivity index (χ3n) is 6.23. The number of aryl methyl sites for hydroxylation is 1. The molecular formula is C26H29N3O3S. The summed E-state index contributed by atoms with van der Waals surface area (Å²) in [6.07, 6.45) is 3.69. The number of methoxy groups -OCH3 is 2. The molecule has 2 aromatic carbocycles. The van der Waals surface area contributed by atoms with Crippen LogP contribution in [0.4, 0.5) is 5.69 Å². The normalized spacial score (nSPS) is 18.1. The summed E-state index contributed by atoms with van der Waals surface area (Å²) in [5, 5.41) is 10.8. The molecule has 172 valence electrons. The molecular weight excluding hydrogens is 434 g/mol. The Morgan fingerprint density at radius 3 is 2.61 bits per heavy atom. The molecule has 2 aliphatic heterocycles. The zero-order chi connectivity index (χ0) is 23.4. The van der Waals surface area contributed by atoms with Crippen LogP contribution in [0.5, 0.6) is 11.5 Å². The summed E-state index contributed by atoms with van der Waals surface area (Å²) in [5.74, 6) is 1.68. The molecule has 33 heavy (non-hydrogen) atoms. The standard InChI is InChI=1S/C26H29N3O3S/c1-4-5-6-18-7-9-19(10-8-18)28-16-29-25(30)14-22(23(15-27)26(29)33-17-28)21-12-11-20(31-2)13-24(21)32-3/h7-13,22H,4-6,14,16-17H2,1-3H3. The molecule has 4 rings (SSSR count). The number of allylic oxidation sites excluding steroid dienone is 1. The molecule has 0 radical (unpaired) electrons. The van der Waals surface area contributed by atoms with Gasteiger partial charge in [0, 0.05) is 29.7 Å². The molecule has 0 aliphatic carbocycles. The minimum absolute atomic E-state index is 0.0173. The van der Waals surface area contributed by atoms with Crippen LogP contribution in [0.2, 0.25) is 0 Å². The van der Waals surface area contributed by atoms with Crippen molar-refractivity contribution in [1.29, 1.82) is 5.26 Å². The Bertz CT molecular complexity index is 1090. The van der Waals surface area contributed by atoms with Crippen LogP contribution in [0.15, 0.2) is 53.1 Å². The van der Waals surface area contributed by atoms with Gasteiger partial charge in [0.2, 0.25) is 5.91 Å². The molecule has 2 aromatic rings. The Kier molecular flexibility index (Phi) is 7.14. The van der Waals surface area contributed by atoms with Crippen molar-refractivity contribution in [3.63, 3.8) is 0 Å². The Morgan fingerprint density at radius 2 is 1.94 bits per heavy atom. The lowest BCUT2D eigenvalue weighted by Gasteiger charge is -2.42. The first-order chi connectivity index (χ1) is 16.1. The summed E-state index contributed by atoms with van der Waals surface area (Å²) in [7, 11) is 3.19. The molecule has 7 heteroatoms. The Labute approximate surface area is 199 Å². The average Bonchev–Trinajstić information content (AvgIpc) is 2.87. The number of hydrogen-bond acceptors (Lipinski definition) is 6. The number of thioether (sulfide) groups is 1. The van der Waals surface area contributed by atoms with Crippen LogP contribution < -0.4 is 14.4 Å². The van der Waals surface area contributed by atoms with E-state index in [-0.39, 0.29) is 18.2 Å². The largest absolute Gasteiger partial charge is 0.497 e. The zero-order valence-corrected chi connectivity index (χ0v) is 20.2. The van der Waals surface area contributed by atoms with E-state index in [2.05, 4.69) is 42.2 Å². The molecule has 2 aliphatic rings. The second-order valence-corrected chi connectivity index (χ2v) is 9.18. The van der Waals surface area contributed by atoms with Crippen molar-refractivity contribution in [3.8, 4) is 17.6 Å². The van der Waals surface area contributed by atoms with Crippen LogP contribution in [0, 0.1) is 11.3 Å². The number of rotatable bonds is 7. The van der Waals surface area contributed by atoms with Crippen molar-refractivity contribution in [2.24, 2.45) is 0 Å². The van der Waals surface area contributed by atoms with Gasteiger partial charge in [0.05, 0.1) is 43.4 Å². The first kappa shape index (κ1) is 23.1. The highest BCUT2D eigenvalue weighted by Crippen LogP contribution is 2.45. The van der Waals surface area contributed by atoms with E-state index in [0.29, 0.717) is 29.6 Å².